The van der Waals surface area contributed by atoms with Crippen molar-refractivity contribution in [1.82, 2.24) is 10.3 Å². The minimum atomic E-state index is -1.19. The van der Waals surface area contributed by atoms with Gasteiger partial charge in [0, 0.05) is 19.2 Å². The van der Waals surface area contributed by atoms with E-state index in [9.17, 15) is 9.59 Å². The third-order valence-corrected chi connectivity index (χ3v) is 2.29. The van der Waals surface area contributed by atoms with E-state index in [4.69, 9.17) is 11.5 Å². The van der Waals surface area contributed by atoms with Crippen molar-refractivity contribution in [3.8, 4) is 12.3 Å². The number of carbonyl (C=O) groups is 2. The molecule has 3 N–H and O–H groups in total. The lowest BCUT2D eigenvalue weighted by molar-refractivity contribution is 0.0692. The zero-order valence-corrected chi connectivity index (χ0v) is 10.3. The number of hydrogen-bond donors (Lipinski definition) is 3. The number of aromatic carboxylic acids is 1. The minimum Gasteiger partial charge on any atom is -0.476 e. The molecule has 0 atom stereocenters. The summed E-state index contributed by atoms with van der Waals surface area (Å²) in [4.78, 5) is 26.1. The Kier molecular flexibility index (Phi) is 5.89. The van der Waals surface area contributed by atoms with Gasteiger partial charge in [-0.05, 0) is 25.0 Å². The van der Waals surface area contributed by atoms with Gasteiger partial charge < -0.3 is 15.7 Å². The summed E-state index contributed by atoms with van der Waals surface area (Å²) in [6, 6.07) is 2.57. The van der Waals surface area contributed by atoms with Crippen LogP contribution >= 0.6 is 0 Å². The van der Waals surface area contributed by atoms with Crippen molar-refractivity contribution in [3.63, 3.8) is 0 Å². The van der Waals surface area contributed by atoms with Crippen molar-refractivity contribution >= 4 is 17.7 Å². The van der Waals surface area contributed by atoms with Crippen LogP contribution in [0.1, 0.15) is 29.8 Å². The molecule has 100 valence electrons. The molecule has 6 nitrogen and oxygen atoms in total. The SMILES string of the molecule is C#CCCCCNC(=O)Nc1cccnc1C(=O)O. The minimum absolute atomic E-state index is 0.163. The molecule has 0 aliphatic rings. The zero-order valence-electron chi connectivity index (χ0n) is 10.3. The van der Waals surface area contributed by atoms with Gasteiger partial charge in [-0.15, -0.1) is 12.3 Å². The van der Waals surface area contributed by atoms with Crippen LogP contribution in [-0.4, -0.2) is 28.6 Å². The highest BCUT2D eigenvalue weighted by Crippen LogP contribution is 2.11. The molecule has 0 aromatic carbocycles. The lowest BCUT2D eigenvalue weighted by Crippen LogP contribution is -2.30. The van der Waals surface area contributed by atoms with Crippen LogP contribution in [0.25, 0.3) is 0 Å². The molecule has 0 unspecified atom stereocenters. The van der Waals surface area contributed by atoms with Crippen molar-refractivity contribution < 1.29 is 14.7 Å². The van der Waals surface area contributed by atoms with Gasteiger partial charge in [0.05, 0.1) is 5.69 Å². The van der Waals surface area contributed by atoms with Crippen LogP contribution in [0.5, 0.6) is 0 Å². The molecule has 0 bridgehead atoms. The Labute approximate surface area is 111 Å². The summed E-state index contributed by atoms with van der Waals surface area (Å²) in [6.07, 6.45) is 8.75. The second-order valence-electron chi connectivity index (χ2n) is 3.75. The van der Waals surface area contributed by atoms with Crippen LogP contribution in [0.4, 0.5) is 10.5 Å². The first-order valence-electron chi connectivity index (χ1n) is 5.81. The van der Waals surface area contributed by atoms with Crippen LogP contribution in [-0.2, 0) is 0 Å². The molecule has 0 aliphatic carbocycles. The maximum absolute atomic E-state index is 11.5. The first-order valence-corrected chi connectivity index (χ1v) is 5.81. The highest BCUT2D eigenvalue weighted by molar-refractivity contribution is 5.98. The second-order valence-corrected chi connectivity index (χ2v) is 3.75. The van der Waals surface area contributed by atoms with E-state index in [1.807, 2.05) is 0 Å². The number of terminal acetylenes is 1. The van der Waals surface area contributed by atoms with Crippen LogP contribution in [0, 0.1) is 12.3 Å². The molecular weight excluding hydrogens is 246 g/mol. The van der Waals surface area contributed by atoms with Gasteiger partial charge in [-0.2, -0.15) is 0 Å². The van der Waals surface area contributed by atoms with Gasteiger partial charge in [0.15, 0.2) is 5.69 Å². The average molecular weight is 261 g/mol. The molecular formula is C13H15N3O3. The summed E-state index contributed by atoms with van der Waals surface area (Å²) >= 11 is 0. The second kappa shape index (κ2) is 7.71. The Morgan fingerprint density at radius 2 is 2.21 bits per heavy atom. The van der Waals surface area contributed by atoms with Gasteiger partial charge in [0.25, 0.3) is 0 Å². The number of aromatic nitrogens is 1. The summed E-state index contributed by atoms with van der Waals surface area (Å²) in [6.45, 7) is 0.482. The molecule has 1 heterocycles. The lowest BCUT2D eigenvalue weighted by Gasteiger charge is -2.08. The number of amides is 2. The molecule has 0 radical (unpaired) electrons. The smallest absolute Gasteiger partial charge is 0.356 e. The molecule has 1 rings (SSSR count). The largest absolute Gasteiger partial charge is 0.476 e. The van der Waals surface area contributed by atoms with Gasteiger partial charge in [-0.3, -0.25) is 0 Å². The zero-order chi connectivity index (χ0) is 14.1. The predicted octanol–water partition coefficient (Wildman–Crippen LogP) is 1.70. The number of unbranched alkanes of at least 4 members (excludes halogenated alkanes) is 2. The number of carboxylic acids is 1. The van der Waals surface area contributed by atoms with E-state index in [0.29, 0.717) is 13.0 Å². The van der Waals surface area contributed by atoms with Gasteiger partial charge in [-0.25, -0.2) is 14.6 Å². The Hall–Kier alpha value is -2.55. The number of nitrogens with zero attached hydrogens (tertiary/aromatic N) is 1. The van der Waals surface area contributed by atoms with E-state index in [1.54, 1.807) is 6.07 Å². The van der Waals surface area contributed by atoms with Crippen LogP contribution in [0.15, 0.2) is 18.3 Å². The van der Waals surface area contributed by atoms with E-state index < -0.39 is 12.0 Å². The summed E-state index contributed by atoms with van der Waals surface area (Å²) in [5.41, 5.74) is -0.0268. The monoisotopic (exact) mass is 261 g/mol. The Morgan fingerprint density at radius 1 is 1.42 bits per heavy atom. The molecule has 2 amide bonds. The van der Waals surface area contributed by atoms with E-state index in [-0.39, 0.29) is 11.4 Å². The number of pyridine rings is 1. The normalized spacial score (nSPS) is 9.42. The summed E-state index contributed by atoms with van der Waals surface area (Å²) in [7, 11) is 0. The number of nitrogens with one attached hydrogen (secondary N) is 2. The maximum Gasteiger partial charge on any atom is 0.356 e. The number of urea groups is 1. The van der Waals surface area contributed by atoms with E-state index in [1.165, 1.54) is 12.3 Å². The highest BCUT2D eigenvalue weighted by Gasteiger charge is 2.12. The van der Waals surface area contributed by atoms with Gasteiger partial charge >= 0.3 is 12.0 Å². The van der Waals surface area contributed by atoms with Crippen LogP contribution in [0.3, 0.4) is 0 Å². The van der Waals surface area contributed by atoms with Crippen molar-refractivity contribution in [2.75, 3.05) is 11.9 Å². The molecule has 0 saturated carbocycles. The molecule has 1 aromatic heterocycles. The first-order chi connectivity index (χ1) is 9.15. The number of carbonyl (C=O) groups excluding carboxylic acids is 1. The quantitative estimate of drug-likeness (QED) is 0.537. The van der Waals surface area contributed by atoms with Crippen molar-refractivity contribution in [2.45, 2.75) is 19.3 Å². The van der Waals surface area contributed by atoms with E-state index >= 15 is 0 Å². The molecule has 0 aliphatic heterocycles. The number of hydrogen-bond acceptors (Lipinski definition) is 3. The van der Waals surface area contributed by atoms with Crippen LogP contribution in [0.2, 0.25) is 0 Å². The van der Waals surface area contributed by atoms with Crippen molar-refractivity contribution in [3.05, 3.63) is 24.0 Å². The summed E-state index contributed by atoms with van der Waals surface area (Å²) in [5.74, 6) is 1.32. The van der Waals surface area contributed by atoms with Crippen LogP contribution < -0.4 is 10.6 Å². The molecule has 0 saturated heterocycles. The highest BCUT2D eigenvalue weighted by atomic mass is 16.4. The Balaban J connectivity index is 2.45. The van der Waals surface area contributed by atoms with Crippen molar-refractivity contribution in [1.29, 1.82) is 0 Å². The van der Waals surface area contributed by atoms with Gasteiger partial charge in [0.2, 0.25) is 0 Å². The molecule has 6 heteroatoms. The van der Waals surface area contributed by atoms with E-state index in [0.717, 1.165) is 12.8 Å². The average Bonchev–Trinajstić information content (AvgIpc) is 2.39. The number of rotatable bonds is 6. The lowest BCUT2D eigenvalue weighted by atomic mass is 10.2. The topological polar surface area (TPSA) is 91.3 Å². The third-order valence-electron chi connectivity index (χ3n) is 2.29. The molecule has 1 aromatic rings. The number of carboxylic acid groups (broad SMARTS) is 1. The van der Waals surface area contributed by atoms with Crippen molar-refractivity contribution in [2.24, 2.45) is 0 Å². The number of anilines is 1. The molecule has 0 fully saturated rings. The van der Waals surface area contributed by atoms with Gasteiger partial charge in [-0.1, -0.05) is 0 Å². The summed E-state index contributed by atoms with van der Waals surface area (Å²) in [5, 5.41) is 14.0. The standard InChI is InChI=1S/C13H15N3O3/c1-2-3-4-5-8-15-13(19)16-10-7-6-9-14-11(10)12(17)18/h1,6-7,9H,3-5,8H2,(H,17,18)(H2,15,16,19). The van der Waals surface area contributed by atoms with Gasteiger partial charge in [0.1, 0.15) is 0 Å². The third kappa shape index (κ3) is 5.08. The van der Waals surface area contributed by atoms with E-state index in [2.05, 4.69) is 21.5 Å². The fraction of sp³-hybridized carbons (Fsp3) is 0.308. The predicted molar refractivity (Wildman–Crippen MR) is 70.9 cm³/mol. The first kappa shape index (κ1) is 14.5. The summed E-state index contributed by atoms with van der Waals surface area (Å²) < 4.78 is 0. The molecule has 19 heavy (non-hydrogen) atoms. The fourth-order valence-corrected chi connectivity index (χ4v) is 1.40. The Bertz CT molecular complexity index is 494. The fourth-order valence-electron chi connectivity index (χ4n) is 1.40. The molecule has 0 spiro atoms. The Morgan fingerprint density at radius 3 is 2.89 bits per heavy atom. The maximum atomic E-state index is 11.5.